The van der Waals surface area contributed by atoms with E-state index in [1.807, 2.05) is 25.5 Å². The van der Waals surface area contributed by atoms with Crippen molar-refractivity contribution < 1.29 is 4.79 Å². The minimum Gasteiger partial charge on any atom is -0.397 e. The van der Waals surface area contributed by atoms with Gasteiger partial charge < -0.3 is 11.1 Å². The predicted molar refractivity (Wildman–Crippen MR) is 85.5 cm³/mol. The summed E-state index contributed by atoms with van der Waals surface area (Å²) in [7, 11) is 0. The molecule has 1 amide bonds. The summed E-state index contributed by atoms with van der Waals surface area (Å²) in [5.41, 5.74) is 10.1. The van der Waals surface area contributed by atoms with Gasteiger partial charge in [0, 0.05) is 23.7 Å². The van der Waals surface area contributed by atoms with Crippen molar-refractivity contribution >= 4 is 28.9 Å². The van der Waals surface area contributed by atoms with Gasteiger partial charge in [0.25, 0.3) is 0 Å². The van der Waals surface area contributed by atoms with Crippen molar-refractivity contribution in [1.82, 2.24) is 9.78 Å². The Bertz CT molecular complexity index is 679. The molecule has 6 heteroatoms. The highest BCUT2D eigenvalue weighted by Gasteiger charge is 2.10. The van der Waals surface area contributed by atoms with Crippen LogP contribution in [0.1, 0.15) is 23.4 Å². The second kappa shape index (κ2) is 6.18. The molecular formula is C15H19ClN4O. The maximum absolute atomic E-state index is 12.0. The summed E-state index contributed by atoms with van der Waals surface area (Å²) in [6.45, 7) is 6.54. The molecule has 0 fully saturated rings. The Morgan fingerprint density at radius 1 is 1.38 bits per heavy atom. The van der Waals surface area contributed by atoms with Crippen molar-refractivity contribution in [2.45, 2.75) is 33.7 Å². The van der Waals surface area contributed by atoms with Gasteiger partial charge in [-0.15, -0.1) is 0 Å². The topological polar surface area (TPSA) is 72.9 Å². The lowest BCUT2D eigenvalue weighted by Crippen LogP contribution is -2.16. The third-order valence-corrected chi connectivity index (χ3v) is 3.82. The summed E-state index contributed by atoms with van der Waals surface area (Å²) in [4.78, 5) is 12.0. The molecular weight excluding hydrogens is 288 g/mol. The van der Waals surface area contributed by atoms with Gasteiger partial charge >= 0.3 is 0 Å². The van der Waals surface area contributed by atoms with Crippen molar-refractivity contribution in [1.29, 1.82) is 0 Å². The average molecular weight is 307 g/mol. The normalized spacial score (nSPS) is 10.7. The molecule has 2 aromatic rings. The number of nitrogens with zero attached hydrogens (tertiary/aromatic N) is 2. The van der Waals surface area contributed by atoms with E-state index in [0.29, 0.717) is 29.4 Å². The zero-order chi connectivity index (χ0) is 15.6. The second-order valence-corrected chi connectivity index (χ2v) is 5.49. The van der Waals surface area contributed by atoms with Gasteiger partial charge in [-0.05, 0) is 44.5 Å². The first kappa shape index (κ1) is 15.4. The molecule has 3 N–H and O–H groups in total. The molecule has 0 unspecified atom stereocenters. The lowest BCUT2D eigenvalue weighted by atomic mass is 10.2. The Morgan fingerprint density at radius 3 is 2.67 bits per heavy atom. The number of hydrogen-bond donors (Lipinski definition) is 2. The van der Waals surface area contributed by atoms with Crippen LogP contribution in [0.2, 0.25) is 5.02 Å². The molecule has 0 saturated heterocycles. The third-order valence-electron chi connectivity index (χ3n) is 3.58. The third kappa shape index (κ3) is 3.55. The molecule has 0 aliphatic heterocycles. The summed E-state index contributed by atoms with van der Waals surface area (Å²) in [6, 6.07) is 5.00. The van der Waals surface area contributed by atoms with Crippen LogP contribution in [-0.2, 0) is 11.3 Å². The van der Waals surface area contributed by atoms with E-state index in [-0.39, 0.29) is 5.91 Å². The van der Waals surface area contributed by atoms with Crippen LogP contribution >= 0.6 is 11.6 Å². The van der Waals surface area contributed by atoms with Crippen LogP contribution in [0, 0.1) is 20.8 Å². The molecule has 1 aromatic heterocycles. The fraction of sp³-hybridized carbons (Fsp3) is 0.333. The number of aryl methyl sites for hydroxylation is 2. The SMILES string of the molecule is Cc1nn(CCC(=O)Nc2ccc(Cl)cc2N)c(C)c1C. The molecule has 1 aromatic carbocycles. The number of nitrogens with one attached hydrogen (secondary N) is 1. The van der Waals surface area contributed by atoms with Crippen LogP contribution in [0.3, 0.4) is 0 Å². The fourth-order valence-electron chi connectivity index (χ4n) is 2.07. The number of nitrogens with two attached hydrogens (primary N) is 1. The van der Waals surface area contributed by atoms with Gasteiger partial charge in [0.2, 0.25) is 5.91 Å². The van der Waals surface area contributed by atoms with E-state index < -0.39 is 0 Å². The highest BCUT2D eigenvalue weighted by molar-refractivity contribution is 6.31. The van der Waals surface area contributed by atoms with Crippen LogP contribution in [0.25, 0.3) is 0 Å². The van der Waals surface area contributed by atoms with Crippen LogP contribution in [-0.4, -0.2) is 15.7 Å². The smallest absolute Gasteiger partial charge is 0.226 e. The van der Waals surface area contributed by atoms with Crippen molar-refractivity contribution in [2.75, 3.05) is 11.1 Å². The van der Waals surface area contributed by atoms with Crippen molar-refractivity contribution in [2.24, 2.45) is 0 Å². The summed E-state index contributed by atoms with van der Waals surface area (Å²) in [6.07, 6.45) is 0.337. The van der Waals surface area contributed by atoms with Gasteiger partial charge in [-0.3, -0.25) is 9.48 Å². The first-order valence-corrected chi connectivity index (χ1v) is 7.11. The molecule has 0 bridgehead atoms. The Labute approximate surface area is 129 Å². The van der Waals surface area contributed by atoms with E-state index in [1.165, 1.54) is 0 Å². The van der Waals surface area contributed by atoms with Gasteiger partial charge in [-0.25, -0.2) is 0 Å². The molecule has 0 saturated carbocycles. The summed E-state index contributed by atoms with van der Waals surface area (Å²) < 4.78 is 1.86. The van der Waals surface area contributed by atoms with Gasteiger partial charge in [0.1, 0.15) is 0 Å². The standard InChI is InChI=1S/C15H19ClN4O/c1-9-10(2)19-20(11(9)3)7-6-15(21)18-14-5-4-12(16)8-13(14)17/h4-5,8H,6-7,17H2,1-3H3,(H,18,21). The van der Waals surface area contributed by atoms with Crippen molar-refractivity contribution in [3.05, 3.63) is 40.2 Å². The highest BCUT2D eigenvalue weighted by Crippen LogP contribution is 2.22. The molecule has 0 spiro atoms. The summed E-state index contributed by atoms with van der Waals surface area (Å²) in [5, 5.41) is 7.74. The van der Waals surface area contributed by atoms with E-state index in [9.17, 15) is 4.79 Å². The average Bonchev–Trinajstić information content (AvgIpc) is 2.67. The van der Waals surface area contributed by atoms with Gasteiger partial charge in [0.05, 0.1) is 17.1 Å². The number of hydrogen-bond acceptors (Lipinski definition) is 3. The summed E-state index contributed by atoms with van der Waals surface area (Å²) >= 11 is 5.82. The molecule has 1 heterocycles. The number of halogens is 1. The van der Waals surface area contributed by atoms with E-state index in [2.05, 4.69) is 10.4 Å². The highest BCUT2D eigenvalue weighted by atomic mass is 35.5. The lowest BCUT2D eigenvalue weighted by molar-refractivity contribution is -0.116. The largest absolute Gasteiger partial charge is 0.397 e. The van der Waals surface area contributed by atoms with E-state index in [4.69, 9.17) is 17.3 Å². The molecule has 112 valence electrons. The first-order chi connectivity index (χ1) is 9.88. The molecule has 0 aliphatic carbocycles. The fourth-order valence-corrected chi connectivity index (χ4v) is 2.25. The number of anilines is 2. The van der Waals surface area contributed by atoms with Crippen molar-refractivity contribution in [3.8, 4) is 0 Å². The minimum atomic E-state index is -0.103. The quantitative estimate of drug-likeness (QED) is 0.853. The van der Waals surface area contributed by atoms with Crippen LogP contribution in [0.4, 0.5) is 11.4 Å². The summed E-state index contributed by atoms with van der Waals surface area (Å²) in [5.74, 6) is -0.103. The Morgan fingerprint density at radius 2 is 2.10 bits per heavy atom. The number of rotatable bonds is 4. The first-order valence-electron chi connectivity index (χ1n) is 6.74. The molecule has 5 nitrogen and oxygen atoms in total. The Hall–Kier alpha value is -2.01. The van der Waals surface area contributed by atoms with Gasteiger partial charge in [-0.2, -0.15) is 5.10 Å². The predicted octanol–water partition coefficient (Wildman–Crippen LogP) is 3.07. The maximum atomic E-state index is 12.0. The Balaban J connectivity index is 1.97. The number of amides is 1. The lowest BCUT2D eigenvalue weighted by Gasteiger charge is -2.09. The second-order valence-electron chi connectivity index (χ2n) is 5.05. The zero-order valence-corrected chi connectivity index (χ0v) is 13.2. The van der Waals surface area contributed by atoms with Gasteiger partial charge in [0.15, 0.2) is 0 Å². The molecule has 0 aliphatic rings. The number of benzene rings is 1. The van der Waals surface area contributed by atoms with E-state index in [1.54, 1.807) is 18.2 Å². The maximum Gasteiger partial charge on any atom is 0.226 e. The number of nitrogen functional groups attached to an aromatic ring is 1. The monoisotopic (exact) mass is 306 g/mol. The van der Waals surface area contributed by atoms with Crippen LogP contribution in [0.5, 0.6) is 0 Å². The van der Waals surface area contributed by atoms with E-state index in [0.717, 1.165) is 17.0 Å². The number of carbonyl (C=O) groups excluding carboxylic acids is 1. The molecule has 0 radical (unpaired) electrons. The molecule has 21 heavy (non-hydrogen) atoms. The van der Waals surface area contributed by atoms with Crippen LogP contribution < -0.4 is 11.1 Å². The number of carbonyl (C=O) groups is 1. The van der Waals surface area contributed by atoms with E-state index >= 15 is 0 Å². The van der Waals surface area contributed by atoms with Gasteiger partial charge in [-0.1, -0.05) is 11.6 Å². The van der Waals surface area contributed by atoms with Crippen molar-refractivity contribution in [3.63, 3.8) is 0 Å². The molecule has 0 atom stereocenters. The van der Waals surface area contributed by atoms with Crippen LogP contribution in [0.15, 0.2) is 18.2 Å². The number of aromatic nitrogens is 2. The molecule has 2 rings (SSSR count). The zero-order valence-electron chi connectivity index (χ0n) is 12.4. The Kier molecular flexibility index (Phi) is 4.53. The minimum absolute atomic E-state index is 0.103.